The first-order valence-electron chi connectivity index (χ1n) is 8.39. The van der Waals surface area contributed by atoms with E-state index in [2.05, 4.69) is 0 Å². The summed E-state index contributed by atoms with van der Waals surface area (Å²) in [6, 6.07) is 5.19. The van der Waals surface area contributed by atoms with Crippen LogP contribution in [0.1, 0.15) is 36.5 Å². The quantitative estimate of drug-likeness (QED) is 0.828. The van der Waals surface area contributed by atoms with Crippen molar-refractivity contribution in [2.45, 2.75) is 26.2 Å². The Morgan fingerprint density at radius 3 is 2.42 bits per heavy atom. The van der Waals surface area contributed by atoms with E-state index in [0.717, 1.165) is 12.8 Å². The lowest BCUT2D eigenvalue weighted by Crippen LogP contribution is -2.37. The summed E-state index contributed by atoms with van der Waals surface area (Å²) in [4.78, 5) is 28.6. The second-order valence-electron chi connectivity index (χ2n) is 5.84. The third-order valence-electron chi connectivity index (χ3n) is 4.24. The molecule has 0 atom stereocenters. The largest absolute Gasteiger partial charge is 0.497 e. The van der Waals surface area contributed by atoms with Gasteiger partial charge in [0.05, 0.1) is 19.8 Å². The minimum Gasteiger partial charge on any atom is -0.497 e. The number of ether oxygens (including phenoxy) is 2. The predicted molar refractivity (Wildman–Crippen MR) is 91.6 cm³/mol. The van der Waals surface area contributed by atoms with Gasteiger partial charge in [-0.05, 0) is 25.0 Å². The van der Waals surface area contributed by atoms with E-state index in [0.29, 0.717) is 49.7 Å². The summed E-state index contributed by atoms with van der Waals surface area (Å²) in [7, 11) is 3.12. The van der Waals surface area contributed by atoms with E-state index in [-0.39, 0.29) is 11.8 Å². The molecule has 0 radical (unpaired) electrons. The van der Waals surface area contributed by atoms with Crippen molar-refractivity contribution in [3.8, 4) is 11.5 Å². The van der Waals surface area contributed by atoms with Gasteiger partial charge < -0.3 is 19.3 Å². The van der Waals surface area contributed by atoms with Gasteiger partial charge in [0.25, 0.3) is 5.91 Å². The minimum absolute atomic E-state index is 0.0701. The van der Waals surface area contributed by atoms with Crippen LogP contribution in [-0.4, -0.2) is 62.0 Å². The first-order chi connectivity index (χ1) is 11.6. The van der Waals surface area contributed by atoms with Gasteiger partial charge in [-0.1, -0.05) is 6.92 Å². The van der Waals surface area contributed by atoms with Crippen molar-refractivity contribution in [2.75, 3.05) is 40.4 Å². The average molecular weight is 334 g/mol. The van der Waals surface area contributed by atoms with Crippen molar-refractivity contribution in [3.63, 3.8) is 0 Å². The van der Waals surface area contributed by atoms with Gasteiger partial charge in [-0.2, -0.15) is 0 Å². The number of rotatable bonds is 5. The summed E-state index contributed by atoms with van der Waals surface area (Å²) in [6.45, 7) is 4.49. The van der Waals surface area contributed by atoms with Gasteiger partial charge in [-0.15, -0.1) is 0 Å². The first-order valence-corrected chi connectivity index (χ1v) is 8.39. The highest BCUT2D eigenvalue weighted by molar-refractivity contribution is 5.97. The Morgan fingerprint density at radius 2 is 1.75 bits per heavy atom. The predicted octanol–water partition coefficient (Wildman–Crippen LogP) is 2.18. The SMILES string of the molecule is CCCC(=O)N1CCCN(C(=O)c2ccc(OC)cc2OC)CC1. The summed E-state index contributed by atoms with van der Waals surface area (Å²) < 4.78 is 10.5. The van der Waals surface area contributed by atoms with Crippen molar-refractivity contribution in [1.29, 1.82) is 0 Å². The molecule has 2 amide bonds. The number of benzene rings is 1. The molecule has 1 aromatic rings. The topological polar surface area (TPSA) is 59.1 Å². The van der Waals surface area contributed by atoms with Crippen LogP contribution >= 0.6 is 0 Å². The standard InChI is InChI=1S/C18H26N2O4/c1-4-6-17(21)19-9-5-10-20(12-11-19)18(22)15-8-7-14(23-2)13-16(15)24-3/h7-8,13H,4-6,9-12H2,1-3H3. The van der Waals surface area contributed by atoms with Crippen LogP contribution < -0.4 is 9.47 Å². The summed E-state index contributed by atoms with van der Waals surface area (Å²) in [5.74, 6) is 1.26. The molecule has 0 bridgehead atoms. The molecule has 0 unspecified atom stereocenters. The molecule has 6 nitrogen and oxygen atoms in total. The highest BCUT2D eigenvalue weighted by atomic mass is 16.5. The fourth-order valence-electron chi connectivity index (χ4n) is 2.89. The fraction of sp³-hybridized carbons (Fsp3) is 0.556. The molecule has 6 heteroatoms. The van der Waals surface area contributed by atoms with E-state index in [9.17, 15) is 9.59 Å². The molecule has 1 aromatic carbocycles. The highest BCUT2D eigenvalue weighted by Gasteiger charge is 2.24. The molecule has 1 heterocycles. The third kappa shape index (κ3) is 4.19. The smallest absolute Gasteiger partial charge is 0.257 e. The number of nitrogens with zero attached hydrogens (tertiary/aromatic N) is 2. The molecule has 132 valence electrons. The molecule has 1 aliphatic heterocycles. The summed E-state index contributed by atoms with van der Waals surface area (Å²) >= 11 is 0. The maximum absolute atomic E-state index is 12.8. The highest BCUT2D eigenvalue weighted by Crippen LogP contribution is 2.26. The second kappa shape index (κ2) is 8.57. The minimum atomic E-state index is -0.0701. The molecular weight excluding hydrogens is 308 g/mol. The second-order valence-corrected chi connectivity index (χ2v) is 5.84. The van der Waals surface area contributed by atoms with Gasteiger partial charge in [0.15, 0.2) is 0 Å². The third-order valence-corrected chi connectivity index (χ3v) is 4.24. The summed E-state index contributed by atoms with van der Waals surface area (Å²) in [5.41, 5.74) is 0.520. The zero-order chi connectivity index (χ0) is 17.5. The Morgan fingerprint density at radius 1 is 1.04 bits per heavy atom. The molecule has 0 spiro atoms. The fourth-order valence-corrected chi connectivity index (χ4v) is 2.89. The van der Waals surface area contributed by atoms with Crippen LogP contribution in [0.3, 0.4) is 0 Å². The van der Waals surface area contributed by atoms with Gasteiger partial charge >= 0.3 is 0 Å². The Labute approximate surface area is 143 Å². The van der Waals surface area contributed by atoms with Crippen molar-refractivity contribution < 1.29 is 19.1 Å². The van der Waals surface area contributed by atoms with Gasteiger partial charge in [0.2, 0.25) is 5.91 Å². The van der Waals surface area contributed by atoms with Crippen LogP contribution in [0.5, 0.6) is 11.5 Å². The van der Waals surface area contributed by atoms with Gasteiger partial charge in [-0.3, -0.25) is 9.59 Å². The number of carbonyl (C=O) groups excluding carboxylic acids is 2. The normalized spacial score (nSPS) is 15.0. The van der Waals surface area contributed by atoms with Crippen LogP contribution in [0.15, 0.2) is 18.2 Å². The van der Waals surface area contributed by atoms with E-state index in [1.54, 1.807) is 37.3 Å². The summed E-state index contributed by atoms with van der Waals surface area (Å²) in [6.07, 6.45) is 2.21. The molecule has 1 aliphatic rings. The number of methoxy groups -OCH3 is 2. The Balaban J connectivity index is 2.09. The molecular formula is C18H26N2O4. The molecule has 0 N–H and O–H groups in total. The van der Waals surface area contributed by atoms with Crippen molar-refractivity contribution >= 4 is 11.8 Å². The molecule has 1 saturated heterocycles. The Hall–Kier alpha value is -2.24. The molecule has 2 rings (SSSR count). The maximum Gasteiger partial charge on any atom is 0.257 e. The van der Waals surface area contributed by atoms with Crippen LogP contribution in [-0.2, 0) is 4.79 Å². The molecule has 1 fully saturated rings. The number of amides is 2. The Bertz CT molecular complexity index is 588. The zero-order valence-electron chi connectivity index (χ0n) is 14.7. The Kier molecular flexibility index (Phi) is 6.46. The maximum atomic E-state index is 12.8. The lowest BCUT2D eigenvalue weighted by Gasteiger charge is -2.23. The zero-order valence-corrected chi connectivity index (χ0v) is 14.7. The molecule has 0 saturated carbocycles. The molecule has 0 aromatic heterocycles. The van der Waals surface area contributed by atoms with Crippen molar-refractivity contribution in [3.05, 3.63) is 23.8 Å². The number of carbonyl (C=O) groups is 2. The van der Waals surface area contributed by atoms with E-state index in [4.69, 9.17) is 9.47 Å². The van der Waals surface area contributed by atoms with E-state index < -0.39 is 0 Å². The van der Waals surface area contributed by atoms with E-state index in [1.165, 1.54) is 0 Å². The van der Waals surface area contributed by atoms with Crippen LogP contribution in [0, 0.1) is 0 Å². The first kappa shape index (κ1) is 18.1. The van der Waals surface area contributed by atoms with Crippen molar-refractivity contribution in [1.82, 2.24) is 9.80 Å². The van der Waals surface area contributed by atoms with Crippen molar-refractivity contribution in [2.24, 2.45) is 0 Å². The number of hydrogen-bond donors (Lipinski definition) is 0. The van der Waals surface area contributed by atoms with Gasteiger partial charge in [0, 0.05) is 38.7 Å². The lowest BCUT2D eigenvalue weighted by molar-refractivity contribution is -0.131. The summed E-state index contributed by atoms with van der Waals surface area (Å²) in [5, 5.41) is 0. The van der Waals surface area contributed by atoms with E-state index in [1.807, 2.05) is 11.8 Å². The monoisotopic (exact) mass is 334 g/mol. The number of hydrogen-bond acceptors (Lipinski definition) is 4. The van der Waals surface area contributed by atoms with Crippen LogP contribution in [0.4, 0.5) is 0 Å². The van der Waals surface area contributed by atoms with E-state index >= 15 is 0 Å². The van der Waals surface area contributed by atoms with Crippen LogP contribution in [0.25, 0.3) is 0 Å². The lowest BCUT2D eigenvalue weighted by atomic mass is 10.1. The van der Waals surface area contributed by atoms with Gasteiger partial charge in [0.1, 0.15) is 11.5 Å². The molecule has 24 heavy (non-hydrogen) atoms. The van der Waals surface area contributed by atoms with Gasteiger partial charge in [-0.25, -0.2) is 0 Å². The van der Waals surface area contributed by atoms with Crippen LogP contribution in [0.2, 0.25) is 0 Å². The average Bonchev–Trinajstić information content (AvgIpc) is 2.87. The molecule has 0 aliphatic carbocycles.